The van der Waals surface area contributed by atoms with Crippen LogP contribution in [0.4, 0.5) is 0 Å². The first-order valence-electron chi connectivity index (χ1n) is 8.20. The van der Waals surface area contributed by atoms with Crippen molar-refractivity contribution in [2.75, 3.05) is 19.6 Å². The van der Waals surface area contributed by atoms with Gasteiger partial charge in [0.25, 0.3) is 5.91 Å². The van der Waals surface area contributed by atoms with Gasteiger partial charge in [0.2, 0.25) is 0 Å². The molecule has 0 saturated carbocycles. The molecule has 1 aromatic heterocycles. The van der Waals surface area contributed by atoms with Crippen molar-refractivity contribution in [1.29, 1.82) is 0 Å². The van der Waals surface area contributed by atoms with E-state index in [0.717, 1.165) is 29.8 Å². The zero-order chi connectivity index (χ0) is 15.8. The SMILES string of the molecule is CC#Cc1coc2cc(C(=O)N[C@@H]3C[C@H]4CCN(C4)C3)ccc12. The molecule has 1 unspecified atom stereocenters. The monoisotopic (exact) mass is 308 g/mol. The number of rotatable bonds is 2. The molecule has 2 aromatic rings. The molecule has 3 heterocycles. The number of carbonyl (C=O) groups is 1. The van der Waals surface area contributed by atoms with Crippen LogP contribution in [0.5, 0.6) is 0 Å². The Hall–Kier alpha value is -2.25. The zero-order valence-electron chi connectivity index (χ0n) is 13.3. The number of benzene rings is 1. The minimum absolute atomic E-state index is 0.0149. The van der Waals surface area contributed by atoms with Crippen LogP contribution in [0.2, 0.25) is 0 Å². The Labute approximate surface area is 135 Å². The van der Waals surface area contributed by atoms with E-state index in [1.165, 1.54) is 19.5 Å². The molecule has 118 valence electrons. The zero-order valence-corrected chi connectivity index (χ0v) is 13.3. The predicted octanol–water partition coefficient (Wildman–Crippen LogP) is 2.63. The number of carbonyl (C=O) groups excluding carboxylic acids is 1. The van der Waals surface area contributed by atoms with Gasteiger partial charge in [-0.25, -0.2) is 0 Å². The molecule has 2 aliphatic heterocycles. The summed E-state index contributed by atoms with van der Waals surface area (Å²) in [4.78, 5) is 15.0. The number of amides is 1. The molecule has 2 bridgehead atoms. The number of hydrogen-bond acceptors (Lipinski definition) is 3. The highest BCUT2D eigenvalue weighted by Crippen LogP contribution is 2.27. The lowest BCUT2D eigenvalue weighted by atomic mass is 9.96. The summed E-state index contributed by atoms with van der Waals surface area (Å²) in [5.41, 5.74) is 2.23. The van der Waals surface area contributed by atoms with E-state index in [0.29, 0.717) is 11.1 Å². The van der Waals surface area contributed by atoms with E-state index < -0.39 is 0 Å². The van der Waals surface area contributed by atoms with Crippen LogP contribution in [0.1, 0.15) is 35.7 Å². The van der Waals surface area contributed by atoms with Crippen molar-refractivity contribution in [3.63, 3.8) is 0 Å². The summed E-state index contributed by atoms with van der Waals surface area (Å²) in [7, 11) is 0. The summed E-state index contributed by atoms with van der Waals surface area (Å²) in [5, 5.41) is 4.14. The van der Waals surface area contributed by atoms with Crippen molar-refractivity contribution in [2.45, 2.75) is 25.8 Å². The Morgan fingerprint density at radius 1 is 1.39 bits per heavy atom. The Morgan fingerprint density at radius 2 is 2.30 bits per heavy atom. The summed E-state index contributed by atoms with van der Waals surface area (Å²) in [6.07, 6.45) is 4.02. The highest BCUT2D eigenvalue weighted by molar-refractivity contribution is 5.98. The summed E-state index contributed by atoms with van der Waals surface area (Å²) in [5.74, 6) is 6.62. The number of piperidine rings is 1. The molecule has 4 heteroatoms. The predicted molar refractivity (Wildman–Crippen MR) is 89.2 cm³/mol. The van der Waals surface area contributed by atoms with Crippen LogP contribution in [0.3, 0.4) is 0 Å². The van der Waals surface area contributed by atoms with Crippen LogP contribution in [0.25, 0.3) is 11.0 Å². The second-order valence-electron chi connectivity index (χ2n) is 6.56. The largest absolute Gasteiger partial charge is 0.463 e. The molecule has 1 aromatic carbocycles. The summed E-state index contributed by atoms with van der Waals surface area (Å²) < 4.78 is 5.54. The number of hydrogen-bond donors (Lipinski definition) is 1. The van der Waals surface area contributed by atoms with Gasteiger partial charge in [0, 0.05) is 30.1 Å². The third-order valence-corrected chi connectivity index (χ3v) is 4.90. The second-order valence-corrected chi connectivity index (χ2v) is 6.56. The Morgan fingerprint density at radius 3 is 3.13 bits per heavy atom. The Balaban J connectivity index is 1.51. The average molecular weight is 308 g/mol. The van der Waals surface area contributed by atoms with Crippen LogP contribution < -0.4 is 5.32 Å². The van der Waals surface area contributed by atoms with E-state index in [9.17, 15) is 4.79 Å². The molecule has 0 spiro atoms. The van der Waals surface area contributed by atoms with Gasteiger partial charge < -0.3 is 14.6 Å². The molecule has 2 aliphatic rings. The highest BCUT2D eigenvalue weighted by atomic mass is 16.3. The maximum atomic E-state index is 12.5. The van der Waals surface area contributed by atoms with Crippen LogP contribution in [0.15, 0.2) is 28.9 Å². The standard InChI is InChI=1S/C19H20N2O2/c1-2-3-15-12-23-18-9-14(4-5-17(15)18)19(22)20-16-8-13-6-7-21(10-13)11-16/h4-5,9,12-13,16H,6-8,10-11H2,1H3,(H,20,22)/t13-,16-/m1/s1. The lowest BCUT2D eigenvalue weighted by molar-refractivity contribution is 0.0909. The van der Waals surface area contributed by atoms with Gasteiger partial charge in [0.15, 0.2) is 0 Å². The van der Waals surface area contributed by atoms with Crippen molar-refractivity contribution in [1.82, 2.24) is 10.2 Å². The van der Waals surface area contributed by atoms with Gasteiger partial charge in [-0.2, -0.15) is 0 Å². The van der Waals surface area contributed by atoms with Gasteiger partial charge in [0.05, 0.1) is 5.56 Å². The summed E-state index contributed by atoms with van der Waals surface area (Å²) in [6, 6.07) is 5.84. The van der Waals surface area contributed by atoms with Gasteiger partial charge in [-0.1, -0.05) is 5.92 Å². The van der Waals surface area contributed by atoms with Gasteiger partial charge in [0.1, 0.15) is 11.8 Å². The third-order valence-electron chi connectivity index (χ3n) is 4.90. The van der Waals surface area contributed by atoms with E-state index in [2.05, 4.69) is 22.1 Å². The smallest absolute Gasteiger partial charge is 0.251 e. The molecule has 1 N–H and O–H groups in total. The van der Waals surface area contributed by atoms with Crippen molar-refractivity contribution in [3.05, 3.63) is 35.6 Å². The summed E-state index contributed by atoms with van der Waals surface area (Å²) in [6.45, 7) is 5.15. The van der Waals surface area contributed by atoms with Gasteiger partial charge in [-0.15, -0.1) is 5.92 Å². The molecule has 0 aliphatic carbocycles. The lowest BCUT2D eigenvalue weighted by Gasteiger charge is -2.30. The molecule has 3 atom stereocenters. The van der Waals surface area contributed by atoms with Crippen molar-refractivity contribution in [3.8, 4) is 11.8 Å². The number of nitrogens with one attached hydrogen (secondary N) is 1. The Kier molecular flexibility index (Phi) is 3.59. The van der Waals surface area contributed by atoms with E-state index in [1.54, 1.807) is 13.2 Å². The van der Waals surface area contributed by atoms with Gasteiger partial charge in [-0.05, 0) is 50.4 Å². The van der Waals surface area contributed by atoms with E-state index in [4.69, 9.17) is 4.42 Å². The quantitative estimate of drug-likeness (QED) is 0.868. The average Bonchev–Trinajstić information content (AvgIpc) is 3.10. The third kappa shape index (κ3) is 2.73. The van der Waals surface area contributed by atoms with E-state index >= 15 is 0 Å². The summed E-state index contributed by atoms with van der Waals surface area (Å²) >= 11 is 0. The fourth-order valence-electron chi connectivity index (χ4n) is 3.83. The molecule has 4 rings (SSSR count). The molecular weight excluding hydrogens is 288 g/mol. The molecular formula is C19H20N2O2. The molecule has 0 radical (unpaired) electrons. The fourth-order valence-corrected chi connectivity index (χ4v) is 3.83. The van der Waals surface area contributed by atoms with Crippen molar-refractivity contribution in [2.24, 2.45) is 5.92 Å². The van der Waals surface area contributed by atoms with E-state index in [-0.39, 0.29) is 11.9 Å². The topological polar surface area (TPSA) is 45.5 Å². The first-order valence-corrected chi connectivity index (χ1v) is 8.20. The lowest BCUT2D eigenvalue weighted by Crippen LogP contribution is -2.47. The van der Waals surface area contributed by atoms with Crippen LogP contribution in [-0.2, 0) is 0 Å². The highest BCUT2D eigenvalue weighted by Gasteiger charge is 2.33. The van der Waals surface area contributed by atoms with Crippen LogP contribution >= 0.6 is 0 Å². The number of furan rings is 1. The maximum absolute atomic E-state index is 12.5. The van der Waals surface area contributed by atoms with E-state index in [1.807, 2.05) is 18.2 Å². The molecule has 23 heavy (non-hydrogen) atoms. The second kappa shape index (κ2) is 5.75. The minimum Gasteiger partial charge on any atom is -0.463 e. The first kappa shape index (κ1) is 14.3. The van der Waals surface area contributed by atoms with Crippen molar-refractivity contribution < 1.29 is 9.21 Å². The molecule has 2 fully saturated rings. The normalized spacial score (nSPS) is 25.9. The Bertz CT molecular complexity index is 800. The van der Waals surface area contributed by atoms with Gasteiger partial charge in [-0.3, -0.25) is 4.79 Å². The molecule has 4 nitrogen and oxygen atoms in total. The molecule has 1 amide bonds. The van der Waals surface area contributed by atoms with Crippen LogP contribution in [-0.4, -0.2) is 36.5 Å². The number of fused-ring (bicyclic) bond motifs is 3. The maximum Gasteiger partial charge on any atom is 0.251 e. The minimum atomic E-state index is -0.0149. The fraction of sp³-hybridized carbons (Fsp3) is 0.421. The van der Waals surface area contributed by atoms with Crippen LogP contribution in [0, 0.1) is 17.8 Å². The molecule has 2 saturated heterocycles. The van der Waals surface area contributed by atoms with Gasteiger partial charge >= 0.3 is 0 Å². The first-order chi connectivity index (χ1) is 11.2. The number of nitrogens with zero attached hydrogens (tertiary/aromatic N) is 1. The van der Waals surface area contributed by atoms with Crippen molar-refractivity contribution >= 4 is 16.9 Å².